The monoisotopic (exact) mass is 385 g/mol. The van der Waals surface area contributed by atoms with Crippen LogP contribution in [0.3, 0.4) is 0 Å². The molecule has 0 radical (unpaired) electrons. The molecular formula is C22H21F2NO3. The van der Waals surface area contributed by atoms with E-state index in [9.17, 15) is 18.4 Å². The summed E-state index contributed by atoms with van der Waals surface area (Å²) in [6.07, 6.45) is 6.13. The lowest BCUT2D eigenvalue weighted by molar-refractivity contribution is -0.146. The van der Waals surface area contributed by atoms with Crippen molar-refractivity contribution in [3.05, 3.63) is 89.5 Å². The highest BCUT2D eigenvalue weighted by Gasteiger charge is 2.22. The van der Waals surface area contributed by atoms with Gasteiger partial charge in [-0.2, -0.15) is 0 Å². The third-order valence-electron chi connectivity index (χ3n) is 3.75. The summed E-state index contributed by atoms with van der Waals surface area (Å²) in [5.41, 5.74) is 1.05. The minimum atomic E-state index is -1.08. The first-order chi connectivity index (χ1) is 13.5. The fraction of sp³-hybridized carbons (Fsp3) is 0.182. The summed E-state index contributed by atoms with van der Waals surface area (Å²) < 4.78 is 32.0. The lowest BCUT2D eigenvalue weighted by atomic mass is 10.1. The molecule has 0 unspecified atom stereocenters. The maximum absolute atomic E-state index is 13.4. The fourth-order valence-electron chi connectivity index (χ4n) is 2.44. The van der Waals surface area contributed by atoms with Crippen molar-refractivity contribution < 1.29 is 23.1 Å². The summed E-state index contributed by atoms with van der Waals surface area (Å²) in [7, 11) is 0. The third-order valence-corrected chi connectivity index (χ3v) is 3.75. The normalized spacial score (nSPS) is 12.2. The van der Waals surface area contributed by atoms with E-state index in [-0.39, 0.29) is 18.6 Å². The number of benzene rings is 2. The summed E-state index contributed by atoms with van der Waals surface area (Å²) in [5.74, 6) is -2.73. The molecule has 0 aliphatic rings. The fourth-order valence-corrected chi connectivity index (χ4v) is 2.44. The van der Waals surface area contributed by atoms with Crippen LogP contribution in [0.5, 0.6) is 0 Å². The Hall–Kier alpha value is -3.28. The van der Waals surface area contributed by atoms with Crippen molar-refractivity contribution in [1.82, 2.24) is 5.32 Å². The number of hydrogen-bond acceptors (Lipinski definition) is 3. The predicted octanol–water partition coefficient (Wildman–Crippen LogP) is 3.82. The lowest BCUT2D eigenvalue weighted by Crippen LogP contribution is -2.42. The van der Waals surface area contributed by atoms with Crippen LogP contribution in [0.4, 0.5) is 8.78 Å². The molecule has 0 spiro atoms. The van der Waals surface area contributed by atoms with Gasteiger partial charge in [0.2, 0.25) is 5.91 Å². The molecule has 2 rings (SSSR count). The van der Waals surface area contributed by atoms with Crippen LogP contribution in [0.2, 0.25) is 0 Å². The van der Waals surface area contributed by atoms with Gasteiger partial charge in [-0.3, -0.25) is 4.79 Å². The van der Waals surface area contributed by atoms with Crippen LogP contribution >= 0.6 is 0 Å². The van der Waals surface area contributed by atoms with Crippen LogP contribution < -0.4 is 5.32 Å². The predicted molar refractivity (Wildman–Crippen MR) is 103 cm³/mol. The van der Waals surface area contributed by atoms with Gasteiger partial charge in [-0.15, -0.1) is 0 Å². The first-order valence-electron chi connectivity index (χ1n) is 8.74. The number of hydrogen-bond donors (Lipinski definition) is 1. The number of esters is 1. The molecule has 146 valence electrons. The second-order valence-electron chi connectivity index (χ2n) is 5.99. The highest BCUT2D eigenvalue weighted by Crippen LogP contribution is 2.11. The summed E-state index contributed by atoms with van der Waals surface area (Å²) in [6.45, 7) is 1.82. The van der Waals surface area contributed by atoms with E-state index in [1.807, 2.05) is 30.3 Å². The second kappa shape index (κ2) is 10.8. The maximum Gasteiger partial charge on any atom is 0.329 e. The van der Waals surface area contributed by atoms with Crippen molar-refractivity contribution in [2.75, 3.05) is 6.61 Å². The molecule has 2 aromatic rings. The van der Waals surface area contributed by atoms with Crippen molar-refractivity contribution in [2.45, 2.75) is 19.4 Å². The Morgan fingerprint density at radius 2 is 1.79 bits per heavy atom. The van der Waals surface area contributed by atoms with Gasteiger partial charge in [-0.1, -0.05) is 42.5 Å². The van der Waals surface area contributed by atoms with Gasteiger partial charge in [0.05, 0.1) is 0 Å². The van der Waals surface area contributed by atoms with E-state index in [1.165, 1.54) is 6.08 Å². The molecule has 0 aliphatic carbocycles. The van der Waals surface area contributed by atoms with Crippen LogP contribution in [0.25, 0.3) is 6.08 Å². The molecule has 0 fully saturated rings. The molecule has 0 bridgehead atoms. The second-order valence-corrected chi connectivity index (χ2v) is 5.99. The number of ether oxygens (including phenoxy) is 1. The van der Waals surface area contributed by atoms with Gasteiger partial charge in [0.15, 0.2) is 0 Å². The van der Waals surface area contributed by atoms with Crippen molar-refractivity contribution in [3.63, 3.8) is 0 Å². The van der Waals surface area contributed by atoms with Gasteiger partial charge in [-0.25, -0.2) is 13.6 Å². The largest absolute Gasteiger partial charge is 0.460 e. The Morgan fingerprint density at radius 1 is 1.11 bits per heavy atom. The van der Waals surface area contributed by atoms with Crippen molar-refractivity contribution in [2.24, 2.45) is 0 Å². The van der Waals surface area contributed by atoms with Crippen LogP contribution in [0.15, 0.2) is 66.8 Å². The van der Waals surface area contributed by atoms with E-state index in [0.717, 1.165) is 23.8 Å². The number of rotatable bonds is 8. The molecule has 0 aliphatic heterocycles. The quantitative estimate of drug-likeness (QED) is 0.427. The van der Waals surface area contributed by atoms with E-state index >= 15 is 0 Å². The molecule has 6 heteroatoms. The van der Waals surface area contributed by atoms with Gasteiger partial charge >= 0.3 is 5.97 Å². The highest BCUT2D eigenvalue weighted by molar-refractivity contribution is 5.94. The van der Waals surface area contributed by atoms with Crippen molar-refractivity contribution >= 4 is 18.0 Å². The number of carbonyl (C=O) groups is 2. The molecule has 0 heterocycles. The van der Waals surface area contributed by atoms with E-state index in [1.54, 1.807) is 25.2 Å². The summed E-state index contributed by atoms with van der Waals surface area (Å²) in [5, 5.41) is 2.53. The molecule has 28 heavy (non-hydrogen) atoms. The number of allylic oxidation sites excluding steroid dienone is 1. The molecular weight excluding hydrogens is 364 g/mol. The number of carbonyl (C=O) groups excluding carboxylic acids is 2. The molecule has 0 saturated carbocycles. The van der Waals surface area contributed by atoms with Gasteiger partial charge in [0.1, 0.15) is 24.3 Å². The van der Waals surface area contributed by atoms with Crippen molar-refractivity contribution in [3.8, 4) is 0 Å². The Labute approximate surface area is 162 Å². The summed E-state index contributed by atoms with van der Waals surface area (Å²) >= 11 is 0. The lowest BCUT2D eigenvalue weighted by Gasteiger charge is -2.16. The molecule has 1 N–H and O–H groups in total. The Morgan fingerprint density at radius 3 is 2.43 bits per heavy atom. The zero-order chi connectivity index (χ0) is 20.4. The first-order valence-corrected chi connectivity index (χ1v) is 8.74. The molecule has 2 aromatic carbocycles. The van der Waals surface area contributed by atoms with Crippen molar-refractivity contribution in [1.29, 1.82) is 0 Å². The van der Waals surface area contributed by atoms with Crippen LogP contribution in [-0.2, 0) is 20.7 Å². The summed E-state index contributed by atoms with van der Waals surface area (Å²) in [6, 6.07) is 11.0. The van der Waals surface area contributed by atoms with Crippen LogP contribution in [0, 0.1) is 11.6 Å². The van der Waals surface area contributed by atoms with E-state index in [4.69, 9.17) is 4.74 Å². The van der Waals surface area contributed by atoms with E-state index < -0.39 is 29.6 Å². The average molecular weight is 385 g/mol. The number of halogens is 2. The Balaban J connectivity index is 2.11. The highest BCUT2D eigenvalue weighted by atomic mass is 19.1. The molecule has 1 amide bonds. The first kappa shape index (κ1) is 21.0. The third kappa shape index (κ3) is 7.15. The topological polar surface area (TPSA) is 55.4 Å². The zero-order valence-electron chi connectivity index (χ0n) is 15.4. The van der Waals surface area contributed by atoms with Gasteiger partial charge in [0.25, 0.3) is 0 Å². The Bertz CT molecular complexity index is 843. The summed E-state index contributed by atoms with van der Waals surface area (Å²) in [4.78, 5) is 24.5. The standard InChI is InChI=1S/C22H21F2NO3/c1-2-3-11-28-22(27)20(14-17-12-18(23)15-19(24)13-17)25-21(26)10-9-16-7-5-4-6-8-16/h2-10,12-13,15,20H,11,14H2,1H3,(H,25,26)/b3-2+,10-9+/t20-/m0/s1. The van der Waals surface area contributed by atoms with E-state index in [0.29, 0.717) is 0 Å². The average Bonchev–Trinajstić information content (AvgIpc) is 2.66. The van der Waals surface area contributed by atoms with Gasteiger partial charge < -0.3 is 10.1 Å². The molecule has 0 aromatic heterocycles. The molecule has 1 atom stereocenters. The zero-order valence-corrected chi connectivity index (χ0v) is 15.4. The smallest absolute Gasteiger partial charge is 0.329 e. The van der Waals surface area contributed by atoms with Gasteiger partial charge in [0, 0.05) is 18.6 Å². The van der Waals surface area contributed by atoms with E-state index in [2.05, 4.69) is 5.32 Å². The SMILES string of the molecule is C/C=C/COC(=O)[C@H](Cc1cc(F)cc(F)c1)NC(=O)/C=C/c1ccccc1. The van der Waals surface area contributed by atoms with Crippen LogP contribution in [0.1, 0.15) is 18.1 Å². The maximum atomic E-state index is 13.4. The molecule has 0 saturated heterocycles. The Kier molecular flexibility index (Phi) is 8.09. The van der Waals surface area contributed by atoms with Gasteiger partial charge in [-0.05, 0) is 36.3 Å². The number of amides is 1. The molecule has 4 nitrogen and oxygen atoms in total. The minimum Gasteiger partial charge on any atom is -0.460 e. The minimum absolute atomic E-state index is 0.0407. The van der Waals surface area contributed by atoms with Crippen LogP contribution in [-0.4, -0.2) is 24.5 Å². The number of nitrogens with one attached hydrogen (secondary N) is 1.